The molecular weight excluding hydrogens is 412 g/mol. The van der Waals surface area contributed by atoms with Gasteiger partial charge in [-0.3, -0.25) is 9.36 Å². The summed E-state index contributed by atoms with van der Waals surface area (Å²) in [6, 6.07) is 19.2. The van der Waals surface area contributed by atoms with Gasteiger partial charge >= 0.3 is 0 Å². The fourth-order valence-electron chi connectivity index (χ4n) is 3.40. The Morgan fingerprint density at radius 3 is 2.52 bits per heavy atom. The molecule has 152 valence electrons. The van der Waals surface area contributed by atoms with Gasteiger partial charge in [-0.25, -0.2) is 14.6 Å². The molecule has 5 rings (SSSR count). The van der Waals surface area contributed by atoms with Crippen molar-refractivity contribution >= 4 is 22.6 Å². The van der Waals surface area contributed by atoms with Gasteiger partial charge in [0.05, 0.1) is 24.7 Å². The molecule has 0 spiro atoms. The summed E-state index contributed by atoms with van der Waals surface area (Å²) in [5.41, 5.74) is 3.80. The van der Waals surface area contributed by atoms with E-state index in [1.54, 1.807) is 23.0 Å². The third-order valence-corrected chi connectivity index (χ3v) is 5.21. The summed E-state index contributed by atoms with van der Waals surface area (Å²) in [6.07, 6.45) is 5.04. The Labute approximate surface area is 182 Å². The van der Waals surface area contributed by atoms with Gasteiger partial charge in [0.15, 0.2) is 5.65 Å². The fourth-order valence-corrected chi connectivity index (χ4v) is 3.52. The molecule has 0 unspecified atom stereocenters. The summed E-state index contributed by atoms with van der Waals surface area (Å²) >= 11 is 5.97. The van der Waals surface area contributed by atoms with Gasteiger partial charge in [-0.2, -0.15) is 0 Å². The molecule has 0 atom stereocenters. The molecule has 0 saturated heterocycles. The third-order valence-electron chi connectivity index (χ3n) is 4.96. The van der Waals surface area contributed by atoms with E-state index in [4.69, 9.17) is 11.6 Å². The smallest absolute Gasteiger partial charge is 0.263 e. The van der Waals surface area contributed by atoms with Crippen LogP contribution in [0.5, 0.6) is 0 Å². The van der Waals surface area contributed by atoms with E-state index in [9.17, 15) is 4.79 Å². The average molecular weight is 429 g/mol. The number of hydrogen-bond acceptors (Lipinski definition) is 5. The Bertz CT molecular complexity index is 1410. The number of nitrogens with zero attached hydrogens (tertiary/aromatic N) is 6. The van der Waals surface area contributed by atoms with Crippen molar-refractivity contribution in [2.24, 2.45) is 0 Å². The molecule has 0 aliphatic heterocycles. The maximum Gasteiger partial charge on any atom is 0.263 e. The van der Waals surface area contributed by atoms with Crippen molar-refractivity contribution in [3.63, 3.8) is 0 Å². The molecular formula is C23H17ClN6O. The van der Waals surface area contributed by atoms with Gasteiger partial charge in [0.2, 0.25) is 0 Å². The van der Waals surface area contributed by atoms with Crippen molar-refractivity contribution in [2.45, 2.75) is 13.1 Å². The van der Waals surface area contributed by atoms with Crippen LogP contribution in [0.15, 0.2) is 84.2 Å². The molecule has 0 saturated carbocycles. The number of benzene rings is 2. The molecule has 7 nitrogen and oxygen atoms in total. The molecule has 0 aliphatic carbocycles. The Morgan fingerprint density at radius 2 is 1.71 bits per heavy atom. The zero-order valence-corrected chi connectivity index (χ0v) is 17.1. The standard InChI is InChI=1S/C23H17ClN6O/c24-19-8-6-17(7-9-19)18-10-21-22(25-11-18)26-15-29(23(21)31)13-20-14-30(28-27-20)12-16-4-2-1-3-5-16/h1-11,14-15H,12-13H2. The van der Waals surface area contributed by atoms with Gasteiger partial charge in [-0.1, -0.05) is 59.3 Å². The van der Waals surface area contributed by atoms with E-state index in [0.717, 1.165) is 16.7 Å². The Hall–Kier alpha value is -3.84. The zero-order chi connectivity index (χ0) is 21.2. The van der Waals surface area contributed by atoms with E-state index < -0.39 is 0 Å². The van der Waals surface area contributed by atoms with E-state index in [-0.39, 0.29) is 12.1 Å². The van der Waals surface area contributed by atoms with Gasteiger partial charge < -0.3 is 0 Å². The number of hydrogen-bond donors (Lipinski definition) is 0. The second-order valence-corrected chi connectivity index (χ2v) is 7.61. The second-order valence-electron chi connectivity index (χ2n) is 7.17. The normalized spacial score (nSPS) is 11.1. The molecule has 3 heterocycles. The summed E-state index contributed by atoms with van der Waals surface area (Å²) in [6.45, 7) is 0.898. The van der Waals surface area contributed by atoms with Crippen molar-refractivity contribution < 1.29 is 0 Å². The molecule has 0 N–H and O–H groups in total. The molecule has 0 radical (unpaired) electrons. The monoisotopic (exact) mass is 428 g/mol. The summed E-state index contributed by atoms with van der Waals surface area (Å²) in [7, 11) is 0. The maximum absolute atomic E-state index is 13.1. The SMILES string of the molecule is O=c1c2cc(-c3ccc(Cl)cc3)cnc2ncn1Cc1cn(Cc2ccccc2)nn1. The van der Waals surface area contributed by atoms with Gasteiger partial charge in [0, 0.05) is 16.8 Å². The number of aromatic nitrogens is 6. The highest BCUT2D eigenvalue weighted by Gasteiger charge is 2.10. The molecule has 0 bridgehead atoms. The van der Waals surface area contributed by atoms with E-state index in [1.807, 2.05) is 54.7 Å². The van der Waals surface area contributed by atoms with Crippen LogP contribution in [-0.4, -0.2) is 29.5 Å². The number of fused-ring (bicyclic) bond motifs is 1. The van der Waals surface area contributed by atoms with Gasteiger partial charge in [-0.05, 0) is 29.3 Å². The lowest BCUT2D eigenvalue weighted by atomic mass is 10.1. The predicted octanol–water partition coefficient (Wildman–Crippen LogP) is 3.80. The van der Waals surface area contributed by atoms with E-state index in [0.29, 0.717) is 28.3 Å². The molecule has 3 aromatic heterocycles. The van der Waals surface area contributed by atoms with Crippen molar-refractivity contribution in [3.8, 4) is 11.1 Å². The fraction of sp³-hybridized carbons (Fsp3) is 0.0870. The van der Waals surface area contributed by atoms with Crippen molar-refractivity contribution in [3.05, 3.63) is 106 Å². The Morgan fingerprint density at radius 1 is 0.903 bits per heavy atom. The molecule has 31 heavy (non-hydrogen) atoms. The first-order chi connectivity index (χ1) is 15.2. The zero-order valence-electron chi connectivity index (χ0n) is 16.4. The van der Waals surface area contributed by atoms with Crippen LogP contribution in [0.2, 0.25) is 5.02 Å². The quantitative estimate of drug-likeness (QED) is 0.425. The van der Waals surface area contributed by atoms with E-state index in [2.05, 4.69) is 20.3 Å². The number of rotatable bonds is 5. The summed E-state index contributed by atoms with van der Waals surface area (Å²) < 4.78 is 3.27. The van der Waals surface area contributed by atoms with Gasteiger partial charge in [0.25, 0.3) is 5.56 Å². The third kappa shape index (κ3) is 4.08. The van der Waals surface area contributed by atoms with Crippen LogP contribution in [0, 0.1) is 0 Å². The van der Waals surface area contributed by atoms with Crippen LogP contribution in [0.3, 0.4) is 0 Å². The van der Waals surface area contributed by atoms with Crippen LogP contribution >= 0.6 is 11.6 Å². The van der Waals surface area contributed by atoms with Crippen LogP contribution in [0.1, 0.15) is 11.3 Å². The summed E-state index contributed by atoms with van der Waals surface area (Å²) in [5, 5.41) is 9.47. The van der Waals surface area contributed by atoms with Gasteiger partial charge in [-0.15, -0.1) is 5.10 Å². The van der Waals surface area contributed by atoms with Gasteiger partial charge in [0.1, 0.15) is 12.0 Å². The van der Waals surface area contributed by atoms with Crippen LogP contribution in [-0.2, 0) is 13.1 Å². The predicted molar refractivity (Wildman–Crippen MR) is 119 cm³/mol. The average Bonchev–Trinajstić information content (AvgIpc) is 3.23. The van der Waals surface area contributed by atoms with Crippen LogP contribution in [0.25, 0.3) is 22.2 Å². The second kappa shape index (κ2) is 8.12. The molecule has 2 aromatic carbocycles. The highest BCUT2D eigenvalue weighted by Crippen LogP contribution is 2.22. The van der Waals surface area contributed by atoms with Crippen molar-refractivity contribution in [1.29, 1.82) is 0 Å². The largest absolute Gasteiger partial charge is 0.292 e. The molecule has 8 heteroatoms. The Kier molecular flexibility index (Phi) is 5.01. The Balaban J connectivity index is 1.43. The van der Waals surface area contributed by atoms with Crippen molar-refractivity contribution in [1.82, 2.24) is 29.5 Å². The lowest BCUT2D eigenvalue weighted by Gasteiger charge is -2.06. The minimum atomic E-state index is -0.175. The highest BCUT2D eigenvalue weighted by molar-refractivity contribution is 6.30. The number of pyridine rings is 1. The summed E-state index contributed by atoms with van der Waals surface area (Å²) in [4.78, 5) is 21.8. The molecule has 0 fully saturated rings. The minimum Gasteiger partial charge on any atom is -0.292 e. The number of halogens is 1. The lowest BCUT2D eigenvalue weighted by molar-refractivity contribution is 0.648. The first-order valence-electron chi connectivity index (χ1n) is 9.70. The van der Waals surface area contributed by atoms with Crippen LogP contribution < -0.4 is 5.56 Å². The van der Waals surface area contributed by atoms with Crippen LogP contribution in [0.4, 0.5) is 0 Å². The topological polar surface area (TPSA) is 78.5 Å². The summed E-state index contributed by atoms with van der Waals surface area (Å²) in [5.74, 6) is 0. The van der Waals surface area contributed by atoms with Crippen molar-refractivity contribution in [2.75, 3.05) is 0 Å². The maximum atomic E-state index is 13.1. The molecule has 0 amide bonds. The lowest BCUT2D eigenvalue weighted by Crippen LogP contribution is -2.21. The first-order valence-corrected chi connectivity index (χ1v) is 10.1. The molecule has 5 aromatic rings. The van der Waals surface area contributed by atoms with E-state index in [1.165, 1.54) is 10.9 Å². The molecule has 0 aliphatic rings. The van der Waals surface area contributed by atoms with E-state index >= 15 is 0 Å². The minimum absolute atomic E-state index is 0.175. The first kappa shape index (κ1) is 19.1. The highest BCUT2D eigenvalue weighted by atomic mass is 35.5.